The van der Waals surface area contributed by atoms with Crippen molar-refractivity contribution in [1.82, 2.24) is 44.9 Å². The van der Waals surface area contributed by atoms with Crippen LogP contribution in [0.15, 0.2) is 43.1 Å². The lowest BCUT2D eigenvalue weighted by molar-refractivity contribution is 0.00503. The van der Waals surface area contributed by atoms with E-state index >= 15 is 0 Å². The first kappa shape index (κ1) is 32.3. The van der Waals surface area contributed by atoms with Gasteiger partial charge < -0.3 is 24.3 Å². The molecule has 248 valence electrons. The van der Waals surface area contributed by atoms with E-state index in [1.807, 2.05) is 29.9 Å². The maximum Gasteiger partial charge on any atom is 0.256 e. The molecule has 4 heterocycles. The normalized spacial score (nSPS) is 19.2. The molecule has 1 aromatic carbocycles. The lowest BCUT2D eigenvalue weighted by Crippen LogP contribution is -2.45. The zero-order chi connectivity index (χ0) is 32.4. The second kappa shape index (κ2) is 15.8. The van der Waals surface area contributed by atoms with Gasteiger partial charge in [0.2, 0.25) is 5.95 Å². The molecule has 2 fully saturated rings. The lowest BCUT2D eigenvalue weighted by atomic mass is 9.90. The molecule has 3 aromatic heterocycles. The van der Waals surface area contributed by atoms with E-state index in [1.165, 1.54) is 6.33 Å². The first-order valence-electron chi connectivity index (χ1n) is 16.1. The number of hydrogen-bond donors (Lipinski definition) is 1. The molecule has 15 nitrogen and oxygen atoms in total. The van der Waals surface area contributed by atoms with Crippen molar-refractivity contribution in [2.24, 2.45) is 0 Å². The van der Waals surface area contributed by atoms with Crippen LogP contribution < -0.4 is 14.8 Å². The summed E-state index contributed by atoms with van der Waals surface area (Å²) in [5.41, 5.74) is 2.75. The van der Waals surface area contributed by atoms with Crippen LogP contribution in [0.2, 0.25) is 0 Å². The van der Waals surface area contributed by atoms with Crippen LogP contribution in [0, 0.1) is 11.3 Å². The molecule has 1 unspecified atom stereocenters. The Bertz CT molecular complexity index is 1590. The Morgan fingerprint density at radius 3 is 2.57 bits per heavy atom. The minimum atomic E-state index is -0.268. The fourth-order valence-corrected chi connectivity index (χ4v) is 6.09. The number of nitrogens with one attached hydrogen (secondary N) is 1. The predicted molar refractivity (Wildman–Crippen MR) is 171 cm³/mol. The Morgan fingerprint density at radius 2 is 1.85 bits per heavy atom. The summed E-state index contributed by atoms with van der Waals surface area (Å²) in [6, 6.07) is 8.52. The van der Waals surface area contributed by atoms with Crippen LogP contribution in [-0.4, -0.2) is 104 Å². The highest BCUT2D eigenvalue weighted by Crippen LogP contribution is 2.35. The molecular weight excluding hydrogens is 602 g/mol. The number of anilines is 2. The molecule has 47 heavy (non-hydrogen) atoms. The summed E-state index contributed by atoms with van der Waals surface area (Å²) in [6.07, 6.45) is 11.9. The number of hydrogen-bond acceptors (Lipinski definition) is 13. The standard InChI is InChI=1S/C32H41N11O4/c1-23(20-42-22-36-39-40-42)47-30-16-24(4-5-25(30)17-33)26-18-34-32(35-19-26)37-29-21-43(38-31(29)46-13-3-12-44-2)28-8-6-27(7-9-28)41-10-14-45-15-11-41/h4-5,16,18-19,21-23,27-28H,3,6-15,20H2,1-2H3,(H,34,35,37)/t23?,27-,28-. The molecule has 2 aliphatic rings. The summed E-state index contributed by atoms with van der Waals surface area (Å²) >= 11 is 0. The molecule has 6 rings (SSSR count). The molecule has 1 saturated carbocycles. The lowest BCUT2D eigenvalue weighted by Gasteiger charge is -2.38. The average molecular weight is 644 g/mol. The molecule has 4 aromatic rings. The molecule has 1 saturated heterocycles. The van der Waals surface area contributed by atoms with E-state index in [2.05, 4.69) is 41.8 Å². The van der Waals surface area contributed by atoms with Gasteiger partial charge in [0.15, 0.2) is 0 Å². The van der Waals surface area contributed by atoms with Gasteiger partial charge in [-0.25, -0.2) is 14.6 Å². The zero-order valence-electron chi connectivity index (χ0n) is 26.9. The van der Waals surface area contributed by atoms with Gasteiger partial charge in [0.1, 0.15) is 29.9 Å². The fourth-order valence-electron chi connectivity index (χ4n) is 6.09. The van der Waals surface area contributed by atoms with E-state index in [0.717, 1.165) is 75.2 Å². The first-order chi connectivity index (χ1) is 23.1. The van der Waals surface area contributed by atoms with Gasteiger partial charge >= 0.3 is 0 Å². The molecule has 0 bridgehead atoms. The summed E-state index contributed by atoms with van der Waals surface area (Å²) in [4.78, 5) is 11.7. The summed E-state index contributed by atoms with van der Waals surface area (Å²) in [6.45, 7) is 7.13. The fraction of sp³-hybridized carbons (Fsp3) is 0.531. The molecule has 1 aliphatic carbocycles. The Morgan fingerprint density at radius 1 is 1.06 bits per heavy atom. The van der Waals surface area contributed by atoms with E-state index in [4.69, 9.17) is 24.0 Å². The van der Waals surface area contributed by atoms with Gasteiger partial charge in [0, 0.05) is 57.2 Å². The van der Waals surface area contributed by atoms with Crippen molar-refractivity contribution >= 4 is 11.6 Å². The summed E-state index contributed by atoms with van der Waals surface area (Å²) in [7, 11) is 1.68. The molecule has 0 spiro atoms. The smallest absolute Gasteiger partial charge is 0.256 e. The molecule has 0 radical (unpaired) electrons. The monoisotopic (exact) mass is 643 g/mol. The van der Waals surface area contributed by atoms with Gasteiger partial charge in [0.25, 0.3) is 5.88 Å². The largest absolute Gasteiger partial charge is 0.487 e. The molecule has 1 atom stereocenters. The molecule has 1 aliphatic heterocycles. The minimum absolute atomic E-state index is 0.268. The van der Waals surface area contributed by atoms with Crippen LogP contribution in [0.4, 0.5) is 11.6 Å². The van der Waals surface area contributed by atoms with Crippen LogP contribution >= 0.6 is 0 Å². The van der Waals surface area contributed by atoms with Gasteiger partial charge in [-0.05, 0) is 60.7 Å². The van der Waals surface area contributed by atoms with E-state index in [1.54, 1.807) is 30.3 Å². The Balaban J connectivity index is 1.13. The predicted octanol–water partition coefficient (Wildman–Crippen LogP) is 3.64. The number of nitrogens with zero attached hydrogens (tertiary/aromatic N) is 10. The average Bonchev–Trinajstić information content (AvgIpc) is 3.77. The number of methoxy groups -OCH3 is 1. The number of rotatable bonds is 14. The SMILES string of the molecule is COCCCOc1nn([C@H]2CC[C@H](N3CCOCC3)CC2)cc1Nc1ncc(-c2ccc(C#N)c(OC(C)Cn3cnnn3)c2)cn1. The highest BCUT2D eigenvalue weighted by atomic mass is 16.5. The Labute approximate surface area is 273 Å². The van der Waals surface area contributed by atoms with Crippen molar-refractivity contribution in [3.8, 4) is 28.8 Å². The number of ether oxygens (including phenoxy) is 4. The van der Waals surface area contributed by atoms with Crippen LogP contribution in [-0.2, 0) is 16.0 Å². The zero-order valence-corrected chi connectivity index (χ0v) is 26.9. The van der Waals surface area contributed by atoms with Crippen LogP contribution in [0.25, 0.3) is 11.1 Å². The van der Waals surface area contributed by atoms with Crippen LogP contribution in [0.1, 0.15) is 50.6 Å². The Kier molecular flexibility index (Phi) is 10.8. The molecule has 1 N–H and O–H groups in total. The number of benzene rings is 1. The van der Waals surface area contributed by atoms with Gasteiger partial charge in [0.05, 0.1) is 44.2 Å². The van der Waals surface area contributed by atoms with Crippen molar-refractivity contribution in [3.63, 3.8) is 0 Å². The van der Waals surface area contributed by atoms with Crippen molar-refractivity contribution in [1.29, 1.82) is 5.26 Å². The maximum absolute atomic E-state index is 9.65. The number of morpholine rings is 1. The van der Waals surface area contributed by atoms with Crippen molar-refractivity contribution in [3.05, 3.63) is 48.7 Å². The molecular formula is C32H41N11O4. The molecule has 0 amide bonds. The van der Waals surface area contributed by atoms with Crippen molar-refractivity contribution in [2.45, 2.75) is 63.8 Å². The van der Waals surface area contributed by atoms with Crippen molar-refractivity contribution < 1.29 is 18.9 Å². The third-order valence-corrected chi connectivity index (χ3v) is 8.53. The van der Waals surface area contributed by atoms with Gasteiger partial charge in [-0.3, -0.25) is 9.58 Å². The maximum atomic E-state index is 9.65. The third-order valence-electron chi connectivity index (χ3n) is 8.53. The summed E-state index contributed by atoms with van der Waals surface area (Å²) < 4.78 is 26.5. The highest BCUT2D eigenvalue weighted by molar-refractivity contribution is 5.67. The van der Waals surface area contributed by atoms with Crippen LogP contribution in [0.5, 0.6) is 11.6 Å². The second-order valence-corrected chi connectivity index (χ2v) is 11.8. The number of aromatic nitrogens is 8. The van der Waals surface area contributed by atoms with Gasteiger partial charge in [-0.15, -0.1) is 10.2 Å². The van der Waals surface area contributed by atoms with E-state index in [9.17, 15) is 5.26 Å². The quantitative estimate of drug-likeness (QED) is 0.198. The van der Waals surface area contributed by atoms with Gasteiger partial charge in [-0.2, -0.15) is 5.26 Å². The van der Waals surface area contributed by atoms with E-state index in [0.29, 0.717) is 55.0 Å². The van der Waals surface area contributed by atoms with Gasteiger partial charge in [-0.1, -0.05) is 6.07 Å². The number of nitriles is 1. The topological polar surface area (TPSA) is 163 Å². The van der Waals surface area contributed by atoms with Crippen molar-refractivity contribution in [2.75, 3.05) is 51.9 Å². The first-order valence-corrected chi connectivity index (χ1v) is 16.1. The second-order valence-electron chi connectivity index (χ2n) is 11.8. The van der Waals surface area contributed by atoms with E-state index in [-0.39, 0.29) is 6.10 Å². The summed E-state index contributed by atoms with van der Waals surface area (Å²) in [5, 5.41) is 29.0. The van der Waals surface area contributed by atoms with Crippen LogP contribution in [0.3, 0.4) is 0 Å². The summed E-state index contributed by atoms with van der Waals surface area (Å²) in [5.74, 6) is 1.41. The highest BCUT2D eigenvalue weighted by Gasteiger charge is 2.29. The third kappa shape index (κ3) is 8.39. The number of tetrazole rings is 1. The minimum Gasteiger partial charge on any atom is -0.487 e. The van der Waals surface area contributed by atoms with E-state index < -0.39 is 0 Å². The molecule has 15 heteroatoms. The Hall–Kier alpha value is -4.65.